The van der Waals surface area contributed by atoms with Gasteiger partial charge in [0.25, 0.3) is 0 Å². The number of amides is 1. The Morgan fingerprint density at radius 3 is 2.48 bits per heavy atom. The molecule has 2 aromatic rings. The lowest BCUT2D eigenvalue weighted by Crippen LogP contribution is -2.27. The van der Waals surface area contributed by atoms with Crippen molar-refractivity contribution >= 4 is 6.09 Å². The second-order valence-electron chi connectivity index (χ2n) is 4.81. The van der Waals surface area contributed by atoms with Crippen LogP contribution < -0.4 is 14.8 Å². The Labute approximate surface area is 134 Å². The van der Waals surface area contributed by atoms with E-state index >= 15 is 0 Å². The van der Waals surface area contributed by atoms with Crippen molar-refractivity contribution in [2.24, 2.45) is 0 Å². The second kappa shape index (κ2) is 8.03. The molecule has 1 atom stereocenters. The molecule has 1 amide bonds. The minimum atomic E-state index is -0.500. The van der Waals surface area contributed by atoms with Crippen LogP contribution in [0, 0.1) is 5.82 Å². The number of hydrogen-bond donors (Lipinski definition) is 1. The first kappa shape index (κ1) is 16.6. The van der Waals surface area contributed by atoms with Crippen LogP contribution in [0.3, 0.4) is 0 Å². The predicted octanol–water partition coefficient (Wildman–Crippen LogP) is 3.74. The van der Waals surface area contributed by atoms with E-state index in [1.807, 2.05) is 0 Å². The van der Waals surface area contributed by atoms with Gasteiger partial charge in [0.05, 0.1) is 0 Å². The molecule has 0 aliphatic heterocycles. The SMILES string of the molecule is CNC(=O)OC(C)COc1ccc(Oc2cccc(F)c2)cc1. The third kappa shape index (κ3) is 5.50. The van der Waals surface area contributed by atoms with Crippen molar-refractivity contribution in [2.45, 2.75) is 13.0 Å². The molecule has 0 saturated heterocycles. The van der Waals surface area contributed by atoms with Crippen LogP contribution >= 0.6 is 0 Å². The van der Waals surface area contributed by atoms with Gasteiger partial charge in [-0.25, -0.2) is 9.18 Å². The zero-order valence-electron chi connectivity index (χ0n) is 12.9. The summed E-state index contributed by atoms with van der Waals surface area (Å²) in [4.78, 5) is 11.0. The summed E-state index contributed by atoms with van der Waals surface area (Å²) in [5.41, 5.74) is 0. The molecular weight excluding hydrogens is 301 g/mol. The second-order valence-corrected chi connectivity index (χ2v) is 4.81. The number of hydrogen-bond acceptors (Lipinski definition) is 4. The number of rotatable bonds is 6. The Bertz CT molecular complexity index is 645. The Morgan fingerprint density at radius 2 is 1.83 bits per heavy atom. The molecule has 0 bridgehead atoms. The van der Waals surface area contributed by atoms with Crippen LogP contribution in [0.4, 0.5) is 9.18 Å². The Morgan fingerprint density at radius 1 is 1.13 bits per heavy atom. The van der Waals surface area contributed by atoms with Crippen molar-refractivity contribution in [3.8, 4) is 17.2 Å². The number of halogens is 1. The van der Waals surface area contributed by atoms with Gasteiger partial charge in [-0.2, -0.15) is 0 Å². The number of nitrogens with one attached hydrogen (secondary N) is 1. The van der Waals surface area contributed by atoms with Gasteiger partial charge in [-0.15, -0.1) is 0 Å². The standard InChI is InChI=1S/C17H18FNO4/c1-12(22-17(20)19-2)11-21-14-6-8-15(9-7-14)23-16-5-3-4-13(18)10-16/h3-10,12H,11H2,1-2H3,(H,19,20). The summed E-state index contributed by atoms with van der Waals surface area (Å²) in [6, 6.07) is 12.8. The largest absolute Gasteiger partial charge is 0.490 e. The molecule has 0 spiro atoms. The van der Waals surface area contributed by atoms with E-state index in [1.54, 1.807) is 43.3 Å². The fourth-order valence-corrected chi connectivity index (χ4v) is 1.76. The summed E-state index contributed by atoms with van der Waals surface area (Å²) < 4.78 is 29.1. The van der Waals surface area contributed by atoms with Gasteiger partial charge in [0.1, 0.15) is 35.8 Å². The Kier molecular flexibility index (Phi) is 5.80. The maximum absolute atomic E-state index is 13.1. The van der Waals surface area contributed by atoms with Gasteiger partial charge in [-0.3, -0.25) is 0 Å². The van der Waals surface area contributed by atoms with E-state index in [2.05, 4.69) is 5.32 Å². The lowest BCUT2D eigenvalue weighted by atomic mass is 10.3. The molecule has 6 heteroatoms. The summed E-state index contributed by atoms with van der Waals surface area (Å²) in [6.45, 7) is 1.97. The average Bonchev–Trinajstić information content (AvgIpc) is 2.54. The molecule has 2 rings (SSSR count). The third-order valence-corrected chi connectivity index (χ3v) is 2.85. The molecule has 1 N–H and O–H groups in total. The maximum Gasteiger partial charge on any atom is 0.407 e. The van der Waals surface area contributed by atoms with E-state index in [9.17, 15) is 9.18 Å². The number of alkyl carbamates (subject to hydrolysis) is 1. The van der Waals surface area contributed by atoms with Crippen LogP contribution in [0.1, 0.15) is 6.92 Å². The minimum absolute atomic E-state index is 0.234. The lowest BCUT2D eigenvalue weighted by Gasteiger charge is -2.14. The van der Waals surface area contributed by atoms with E-state index in [4.69, 9.17) is 14.2 Å². The van der Waals surface area contributed by atoms with Crippen LogP contribution in [0.5, 0.6) is 17.2 Å². The number of carbonyl (C=O) groups is 1. The fraction of sp³-hybridized carbons (Fsp3) is 0.235. The first-order chi connectivity index (χ1) is 11.1. The van der Waals surface area contributed by atoms with E-state index < -0.39 is 6.09 Å². The average molecular weight is 319 g/mol. The summed E-state index contributed by atoms with van der Waals surface area (Å²) >= 11 is 0. The first-order valence-corrected chi connectivity index (χ1v) is 7.11. The molecule has 0 saturated carbocycles. The molecule has 5 nitrogen and oxygen atoms in total. The summed E-state index contributed by atoms with van der Waals surface area (Å²) in [7, 11) is 1.49. The highest BCUT2D eigenvalue weighted by Crippen LogP contribution is 2.24. The monoisotopic (exact) mass is 319 g/mol. The number of ether oxygens (including phenoxy) is 3. The normalized spacial score (nSPS) is 11.4. The molecule has 1 unspecified atom stereocenters. The zero-order valence-corrected chi connectivity index (χ0v) is 12.9. The highest BCUT2D eigenvalue weighted by molar-refractivity contribution is 5.66. The van der Waals surface area contributed by atoms with Gasteiger partial charge in [-0.1, -0.05) is 6.07 Å². The smallest absolute Gasteiger partial charge is 0.407 e. The van der Waals surface area contributed by atoms with Gasteiger partial charge in [0.15, 0.2) is 0 Å². The Balaban J connectivity index is 1.86. The summed E-state index contributed by atoms with van der Waals surface area (Å²) in [6.07, 6.45) is -0.877. The minimum Gasteiger partial charge on any atom is -0.490 e. The zero-order chi connectivity index (χ0) is 16.7. The molecule has 23 heavy (non-hydrogen) atoms. The van der Waals surface area contributed by atoms with Crippen LogP contribution in [-0.2, 0) is 4.74 Å². The molecule has 0 aliphatic rings. The molecule has 2 aromatic carbocycles. The van der Waals surface area contributed by atoms with E-state index in [-0.39, 0.29) is 18.5 Å². The Hall–Kier alpha value is -2.76. The van der Waals surface area contributed by atoms with E-state index in [0.29, 0.717) is 17.2 Å². The van der Waals surface area contributed by atoms with Gasteiger partial charge < -0.3 is 19.5 Å². The van der Waals surface area contributed by atoms with Crippen molar-refractivity contribution in [3.63, 3.8) is 0 Å². The van der Waals surface area contributed by atoms with Crippen molar-refractivity contribution in [3.05, 3.63) is 54.3 Å². The maximum atomic E-state index is 13.1. The highest BCUT2D eigenvalue weighted by atomic mass is 19.1. The van der Waals surface area contributed by atoms with Crippen molar-refractivity contribution in [1.82, 2.24) is 5.32 Å². The van der Waals surface area contributed by atoms with Gasteiger partial charge in [0.2, 0.25) is 0 Å². The fourth-order valence-electron chi connectivity index (χ4n) is 1.76. The molecule has 0 fully saturated rings. The molecule has 0 aromatic heterocycles. The van der Waals surface area contributed by atoms with Gasteiger partial charge in [0, 0.05) is 13.1 Å². The third-order valence-electron chi connectivity index (χ3n) is 2.85. The van der Waals surface area contributed by atoms with Crippen molar-refractivity contribution in [2.75, 3.05) is 13.7 Å². The van der Waals surface area contributed by atoms with Crippen molar-refractivity contribution in [1.29, 1.82) is 0 Å². The molecule has 122 valence electrons. The molecule has 0 aliphatic carbocycles. The van der Waals surface area contributed by atoms with Gasteiger partial charge >= 0.3 is 6.09 Å². The van der Waals surface area contributed by atoms with Crippen LogP contribution in [0.25, 0.3) is 0 Å². The molecule has 0 radical (unpaired) electrons. The quantitative estimate of drug-likeness (QED) is 0.881. The van der Waals surface area contributed by atoms with Crippen LogP contribution in [0.2, 0.25) is 0 Å². The van der Waals surface area contributed by atoms with Gasteiger partial charge in [-0.05, 0) is 43.3 Å². The first-order valence-electron chi connectivity index (χ1n) is 7.11. The number of carbonyl (C=O) groups excluding carboxylic acids is 1. The van der Waals surface area contributed by atoms with E-state index in [1.165, 1.54) is 19.2 Å². The van der Waals surface area contributed by atoms with Crippen LogP contribution in [0.15, 0.2) is 48.5 Å². The number of benzene rings is 2. The summed E-state index contributed by atoms with van der Waals surface area (Å²) in [5, 5.41) is 2.37. The highest BCUT2D eigenvalue weighted by Gasteiger charge is 2.08. The lowest BCUT2D eigenvalue weighted by molar-refractivity contribution is 0.0768. The summed E-state index contributed by atoms with van der Waals surface area (Å²) in [5.74, 6) is 1.25. The topological polar surface area (TPSA) is 56.8 Å². The molecular formula is C17H18FNO4. The van der Waals surface area contributed by atoms with Crippen molar-refractivity contribution < 1.29 is 23.4 Å². The van der Waals surface area contributed by atoms with Crippen LogP contribution in [-0.4, -0.2) is 25.9 Å². The molecule has 0 heterocycles. The van der Waals surface area contributed by atoms with E-state index in [0.717, 1.165) is 0 Å². The predicted molar refractivity (Wildman–Crippen MR) is 83.4 cm³/mol.